The minimum Gasteiger partial charge on any atom is -0.481 e. The molecule has 1 aliphatic heterocycles. The first kappa shape index (κ1) is 11.2. The monoisotopic (exact) mass is 221 g/mol. The predicted octanol–water partition coefficient (Wildman–Crippen LogP) is 1.64. The molecule has 1 atom stereocenters. The van der Waals surface area contributed by atoms with Crippen LogP contribution in [0, 0.1) is 0 Å². The third-order valence-electron chi connectivity index (χ3n) is 2.87. The van der Waals surface area contributed by atoms with Crippen LogP contribution >= 0.6 is 0 Å². The highest BCUT2D eigenvalue weighted by atomic mass is 16.5. The van der Waals surface area contributed by atoms with Gasteiger partial charge in [0, 0.05) is 18.7 Å². The highest BCUT2D eigenvalue weighted by Crippen LogP contribution is 2.12. The smallest absolute Gasteiger partial charge is 0.214 e. The molecule has 0 aromatic carbocycles. The molecule has 88 valence electrons. The number of ether oxygens (including phenoxy) is 1. The molecule has 1 unspecified atom stereocenters. The van der Waals surface area contributed by atoms with Gasteiger partial charge in [-0.15, -0.1) is 0 Å². The third-order valence-corrected chi connectivity index (χ3v) is 2.87. The summed E-state index contributed by atoms with van der Waals surface area (Å²) in [5.74, 6) is 1.54. The zero-order chi connectivity index (χ0) is 11.2. The van der Waals surface area contributed by atoms with Gasteiger partial charge in [-0.3, -0.25) is 0 Å². The van der Waals surface area contributed by atoms with Crippen molar-refractivity contribution in [2.75, 3.05) is 25.5 Å². The second-order valence-corrected chi connectivity index (χ2v) is 4.09. The van der Waals surface area contributed by atoms with Crippen LogP contribution in [0.5, 0.6) is 5.88 Å². The molecule has 0 radical (unpaired) electrons. The lowest BCUT2D eigenvalue weighted by Crippen LogP contribution is -2.39. The van der Waals surface area contributed by atoms with Crippen LogP contribution in [0.2, 0.25) is 0 Å². The predicted molar refractivity (Wildman–Crippen MR) is 64.9 cm³/mol. The van der Waals surface area contributed by atoms with Gasteiger partial charge < -0.3 is 15.4 Å². The van der Waals surface area contributed by atoms with E-state index in [2.05, 4.69) is 15.6 Å². The maximum absolute atomic E-state index is 5.08. The van der Waals surface area contributed by atoms with E-state index in [1.54, 1.807) is 7.11 Å². The number of nitrogens with one attached hydrogen (secondary N) is 2. The number of anilines is 1. The fourth-order valence-electron chi connectivity index (χ4n) is 1.95. The average Bonchev–Trinajstić information content (AvgIpc) is 2.38. The van der Waals surface area contributed by atoms with Crippen LogP contribution in [-0.4, -0.2) is 31.2 Å². The highest BCUT2D eigenvalue weighted by Gasteiger charge is 2.11. The van der Waals surface area contributed by atoms with Gasteiger partial charge in [0.05, 0.1) is 7.11 Å². The third kappa shape index (κ3) is 3.10. The zero-order valence-electron chi connectivity index (χ0n) is 9.70. The molecule has 2 rings (SSSR count). The maximum Gasteiger partial charge on any atom is 0.214 e. The van der Waals surface area contributed by atoms with Gasteiger partial charge in [-0.05, 0) is 25.5 Å². The molecule has 0 saturated carbocycles. The largest absolute Gasteiger partial charge is 0.481 e. The molecule has 1 aromatic heterocycles. The summed E-state index contributed by atoms with van der Waals surface area (Å²) in [5.41, 5.74) is 0. The number of hydrogen-bond acceptors (Lipinski definition) is 4. The molecule has 1 fully saturated rings. The van der Waals surface area contributed by atoms with Crippen LogP contribution in [0.1, 0.15) is 19.3 Å². The molecule has 1 aliphatic rings. The summed E-state index contributed by atoms with van der Waals surface area (Å²) in [4.78, 5) is 4.31. The van der Waals surface area contributed by atoms with Crippen molar-refractivity contribution in [2.24, 2.45) is 0 Å². The second kappa shape index (κ2) is 5.70. The number of nitrogens with zero attached hydrogens (tertiary/aromatic N) is 1. The zero-order valence-corrected chi connectivity index (χ0v) is 9.70. The lowest BCUT2D eigenvalue weighted by molar-refractivity contribution is 0.397. The van der Waals surface area contributed by atoms with Crippen molar-refractivity contribution in [3.8, 4) is 5.88 Å². The number of piperidine rings is 1. The Hall–Kier alpha value is -1.29. The van der Waals surface area contributed by atoms with Crippen molar-refractivity contribution in [3.63, 3.8) is 0 Å². The van der Waals surface area contributed by atoms with Crippen molar-refractivity contribution in [2.45, 2.75) is 25.3 Å². The van der Waals surface area contributed by atoms with Gasteiger partial charge in [-0.1, -0.05) is 12.5 Å². The quantitative estimate of drug-likeness (QED) is 0.811. The van der Waals surface area contributed by atoms with E-state index >= 15 is 0 Å². The van der Waals surface area contributed by atoms with E-state index in [0.29, 0.717) is 11.9 Å². The first-order chi connectivity index (χ1) is 7.88. The Bertz CT molecular complexity index is 324. The molecular formula is C12H19N3O. The molecule has 0 amide bonds. The maximum atomic E-state index is 5.08. The summed E-state index contributed by atoms with van der Waals surface area (Å²) in [5, 5.41) is 6.83. The van der Waals surface area contributed by atoms with E-state index in [9.17, 15) is 0 Å². The minimum atomic E-state index is 0.571. The van der Waals surface area contributed by atoms with Crippen molar-refractivity contribution in [3.05, 3.63) is 18.2 Å². The summed E-state index contributed by atoms with van der Waals surface area (Å²) in [6, 6.07) is 6.33. The number of methoxy groups -OCH3 is 1. The Labute approximate surface area is 96.4 Å². The van der Waals surface area contributed by atoms with Crippen LogP contribution in [0.25, 0.3) is 0 Å². The fraction of sp³-hybridized carbons (Fsp3) is 0.583. The van der Waals surface area contributed by atoms with Crippen LogP contribution in [0.4, 0.5) is 5.82 Å². The Morgan fingerprint density at radius 3 is 3.19 bits per heavy atom. The molecule has 2 heterocycles. The van der Waals surface area contributed by atoms with Gasteiger partial charge in [0.1, 0.15) is 5.82 Å². The Balaban J connectivity index is 1.83. The fourth-order valence-corrected chi connectivity index (χ4v) is 1.95. The van der Waals surface area contributed by atoms with E-state index in [0.717, 1.165) is 18.9 Å². The van der Waals surface area contributed by atoms with Crippen LogP contribution in [0.3, 0.4) is 0 Å². The van der Waals surface area contributed by atoms with E-state index in [1.165, 1.54) is 19.3 Å². The molecular weight excluding hydrogens is 202 g/mol. The molecule has 4 nitrogen and oxygen atoms in total. The summed E-state index contributed by atoms with van der Waals surface area (Å²) in [6.07, 6.45) is 3.87. The first-order valence-corrected chi connectivity index (χ1v) is 5.87. The van der Waals surface area contributed by atoms with Crippen LogP contribution < -0.4 is 15.4 Å². The summed E-state index contributed by atoms with van der Waals surface area (Å²) in [6.45, 7) is 2.07. The Morgan fingerprint density at radius 2 is 2.44 bits per heavy atom. The normalized spacial score (nSPS) is 20.4. The van der Waals surface area contributed by atoms with Crippen molar-refractivity contribution in [1.29, 1.82) is 0 Å². The Morgan fingerprint density at radius 1 is 1.50 bits per heavy atom. The molecule has 0 spiro atoms. The molecule has 4 heteroatoms. The highest BCUT2D eigenvalue weighted by molar-refractivity contribution is 5.37. The summed E-state index contributed by atoms with van der Waals surface area (Å²) >= 11 is 0. The van der Waals surface area contributed by atoms with Gasteiger partial charge in [0.15, 0.2) is 0 Å². The number of rotatable bonds is 4. The topological polar surface area (TPSA) is 46.2 Å². The van der Waals surface area contributed by atoms with E-state index in [4.69, 9.17) is 4.74 Å². The van der Waals surface area contributed by atoms with Gasteiger partial charge >= 0.3 is 0 Å². The van der Waals surface area contributed by atoms with Gasteiger partial charge in [-0.2, -0.15) is 4.98 Å². The van der Waals surface area contributed by atoms with E-state index in [-0.39, 0.29) is 0 Å². The Kier molecular flexibility index (Phi) is 3.99. The number of aromatic nitrogens is 1. The van der Waals surface area contributed by atoms with Gasteiger partial charge in [0.2, 0.25) is 5.88 Å². The lowest BCUT2D eigenvalue weighted by Gasteiger charge is -2.23. The molecule has 1 saturated heterocycles. The van der Waals surface area contributed by atoms with E-state index < -0.39 is 0 Å². The SMILES string of the molecule is COc1cccc(NCC2CCCCN2)n1. The van der Waals surface area contributed by atoms with E-state index in [1.807, 2.05) is 18.2 Å². The standard InChI is InChI=1S/C12H19N3O/c1-16-12-7-4-6-11(15-12)14-9-10-5-2-3-8-13-10/h4,6-7,10,13H,2-3,5,8-9H2,1H3,(H,14,15). The minimum absolute atomic E-state index is 0.571. The second-order valence-electron chi connectivity index (χ2n) is 4.09. The van der Waals surface area contributed by atoms with Crippen LogP contribution in [0.15, 0.2) is 18.2 Å². The van der Waals surface area contributed by atoms with Crippen molar-refractivity contribution < 1.29 is 4.74 Å². The lowest BCUT2D eigenvalue weighted by atomic mass is 10.1. The summed E-state index contributed by atoms with van der Waals surface area (Å²) < 4.78 is 5.08. The number of hydrogen-bond donors (Lipinski definition) is 2. The number of pyridine rings is 1. The van der Waals surface area contributed by atoms with Gasteiger partial charge in [-0.25, -0.2) is 0 Å². The molecule has 1 aromatic rings. The van der Waals surface area contributed by atoms with Crippen LogP contribution in [-0.2, 0) is 0 Å². The van der Waals surface area contributed by atoms with Gasteiger partial charge in [0.25, 0.3) is 0 Å². The first-order valence-electron chi connectivity index (χ1n) is 5.87. The van der Waals surface area contributed by atoms with Crippen molar-refractivity contribution in [1.82, 2.24) is 10.3 Å². The molecule has 2 N–H and O–H groups in total. The molecule has 0 aliphatic carbocycles. The summed E-state index contributed by atoms with van der Waals surface area (Å²) in [7, 11) is 1.63. The molecule has 16 heavy (non-hydrogen) atoms. The van der Waals surface area contributed by atoms with Crippen molar-refractivity contribution >= 4 is 5.82 Å². The molecule has 0 bridgehead atoms. The average molecular weight is 221 g/mol.